The lowest BCUT2D eigenvalue weighted by atomic mass is 10.1. The van der Waals surface area contributed by atoms with Crippen molar-refractivity contribution in [1.29, 1.82) is 0 Å². The molecule has 7 nitrogen and oxygen atoms in total. The summed E-state index contributed by atoms with van der Waals surface area (Å²) in [5.74, 6) is 0.000778. The molecule has 1 heterocycles. The van der Waals surface area contributed by atoms with E-state index in [0.717, 1.165) is 5.69 Å². The van der Waals surface area contributed by atoms with Crippen LogP contribution < -0.4 is 4.74 Å². The molecule has 0 atom stereocenters. The first-order valence-electron chi connectivity index (χ1n) is 8.60. The number of hydrogen-bond donors (Lipinski definition) is 0. The van der Waals surface area contributed by atoms with Gasteiger partial charge in [-0.05, 0) is 55.4 Å². The van der Waals surface area contributed by atoms with Crippen molar-refractivity contribution >= 4 is 40.3 Å². The lowest BCUT2D eigenvalue weighted by molar-refractivity contribution is -0.385. The SMILES string of the molecule is COc1ccc(C=C2SC(=Nc3ccccc3)N(C(C)C)C2=O)cc1[N+](=O)[O-]. The number of amidine groups is 1. The quantitative estimate of drug-likeness (QED) is 0.418. The summed E-state index contributed by atoms with van der Waals surface area (Å²) in [5, 5.41) is 11.8. The molecule has 144 valence electrons. The summed E-state index contributed by atoms with van der Waals surface area (Å²) in [6.07, 6.45) is 1.64. The van der Waals surface area contributed by atoms with Crippen molar-refractivity contribution in [3.8, 4) is 5.75 Å². The van der Waals surface area contributed by atoms with Gasteiger partial charge in [-0.15, -0.1) is 0 Å². The number of hydrogen-bond acceptors (Lipinski definition) is 6. The van der Waals surface area contributed by atoms with Crippen LogP contribution in [0.5, 0.6) is 5.75 Å². The fourth-order valence-corrected chi connectivity index (χ4v) is 3.84. The third-order valence-corrected chi connectivity index (χ3v) is 5.01. The van der Waals surface area contributed by atoms with Gasteiger partial charge < -0.3 is 4.74 Å². The molecule has 0 aromatic heterocycles. The summed E-state index contributed by atoms with van der Waals surface area (Å²) in [4.78, 5) is 30.3. The van der Waals surface area contributed by atoms with E-state index >= 15 is 0 Å². The maximum absolute atomic E-state index is 12.9. The molecular formula is C20H19N3O4S. The first-order chi connectivity index (χ1) is 13.4. The van der Waals surface area contributed by atoms with Crippen molar-refractivity contribution in [2.45, 2.75) is 19.9 Å². The predicted octanol–water partition coefficient (Wildman–Crippen LogP) is 4.62. The van der Waals surface area contributed by atoms with E-state index in [1.165, 1.54) is 31.0 Å². The Bertz CT molecular complexity index is 971. The van der Waals surface area contributed by atoms with Gasteiger partial charge in [0.15, 0.2) is 10.9 Å². The topological polar surface area (TPSA) is 85.0 Å². The molecule has 0 radical (unpaired) electrons. The highest BCUT2D eigenvalue weighted by atomic mass is 32.2. The maximum atomic E-state index is 12.9. The van der Waals surface area contributed by atoms with Gasteiger partial charge in [0.2, 0.25) is 0 Å². The molecule has 28 heavy (non-hydrogen) atoms. The van der Waals surface area contributed by atoms with Gasteiger partial charge in [-0.3, -0.25) is 19.8 Å². The van der Waals surface area contributed by atoms with Gasteiger partial charge in [0.1, 0.15) is 0 Å². The van der Waals surface area contributed by atoms with Crippen LogP contribution in [0.2, 0.25) is 0 Å². The van der Waals surface area contributed by atoms with Gasteiger partial charge >= 0.3 is 5.69 Å². The van der Waals surface area contributed by atoms with E-state index in [4.69, 9.17) is 4.74 Å². The highest BCUT2D eigenvalue weighted by Gasteiger charge is 2.35. The Labute approximate surface area is 166 Å². The van der Waals surface area contributed by atoms with E-state index in [9.17, 15) is 14.9 Å². The zero-order valence-electron chi connectivity index (χ0n) is 15.7. The fraction of sp³-hybridized carbons (Fsp3) is 0.200. The minimum absolute atomic E-state index is 0.0708. The van der Waals surface area contributed by atoms with Gasteiger partial charge in [0, 0.05) is 12.1 Å². The van der Waals surface area contributed by atoms with E-state index in [1.807, 2.05) is 44.2 Å². The molecule has 3 rings (SSSR count). The molecule has 0 N–H and O–H groups in total. The first kappa shape index (κ1) is 19.6. The van der Waals surface area contributed by atoms with Crippen molar-refractivity contribution in [3.05, 3.63) is 69.1 Å². The van der Waals surface area contributed by atoms with Gasteiger partial charge in [-0.25, -0.2) is 4.99 Å². The normalized spacial score (nSPS) is 17.0. The van der Waals surface area contributed by atoms with Crippen LogP contribution in [0.3, 0.4) is 0 Å². The second-order valence-corrected chi connectivity index (χ2v) is 7.31. The molecule has 1 aliphatic rings. The summed E-state index contributed by atoms with van der Waals surface area (Å²) in [5.41, 5.74) is 1.16. The molecule has 1 amide bonds. The van der Waals surface area contributed by atoms with Crippen LogP contribution in [0.15, 0.2) is 58.4 Å². The van der Waals surface area contributed by atoms with Crippen molar-refractivity contribution in [1.82, 2.24) is 4.90 Å². The molecule has 8 heteroatoms. The number of aliphatic imine (C=N–C) groups is 1. The summed E-state index contributed by atoms with van der Waals surface area (Å²) >= 11 is 1.26. The average Bonchev–Trinajstić information content (AvgIpc) is 2.97. The van der Waals surface area contributed by atoms with Crippen molar-refractivity contribution < 1.29 is 14.5 Å². The third-order valence-electron chi connectivity index (χ3n) is 4.03. The summed E-state index contributed by atoms with van der Waals surface area (Å²) in [7, 11) is 1.38. The predicted molar refractivity (Wildman–Crippen MR) is 111 cm³/mol. The monoisotopic (exact) mass is 397 g/mol. The van der Waals surface area contributed by atoms with Crippen LogP contribution in [0.1, 0.15) is 19.4 Å². The number of methoxy groups -OCH3 is 1. The molecule has 0 bridgehead atoms. The standard InChI is InChI=1S/C20H19N3O4S/c1-13(2)22-19(24)18(28-20(22)21-15-7-5-4-6-8-15)12-14-9-10-17(27-3)16(11-14)23(25)26/h4-13H,1-3H3. The molecule has 0 saturated carbocycles. The number of thioether (sulfide) groups is 1. The molecule has 1 aliphatic heterocycles. The number of ether oxygens (including phenoxy) is 1. The van der Waals surface area contributed by atoms with E-state index in [1.54, 1.807) is 17.0 Å². The Morgan fingerprint density at radius 2 is 1.93 bits per heavy atom. The highest BCUT2D eigenvalue weighted by Crippen LogP contribution is 2.36. The number of nitro benzene ring substituents is 1. The summed E-state index contributed by atoms with van der Waals surface area (Å²) in [6.45, 7) is 3.83. The van der Waals surface area contributed by atoms with E-state index in [0.29, 0.717) is 15.6 Å². The number of nitro groups is 1. The number of carbonyl (C=O) groups excluding carboxylic acids is 1. The van der Waals surface area contributed by atoms with Gasteiger partial charge in [-0.1, -0.05) is 24.3 Å². The number of rotatable bonds is 5. The van der Waals surface area contributed by atoms with Crippen LogP contribution in [0, 0.1) is 10.1 Å². The lowest BCUT2D eigenvalue weighted by Gasteiger charge is -2.19. The fourth-order valence-electron chi connectivity index (χ4n) is 2.72. The number of benzene rings is 2. The minimum Gasteiger partial charge on any atom is -0.490 e. The summed E-state index contributed by atoms with van der Waals surface area (Å²) in [6, 6.07) is 13.9. The van der Waals surface area contributed by atoms with Crippen molar-refractivity contribution in [2.24, 2.45) is 4.99 Å². The van der Waals surface area contributed by atoms with E-state index in [2.05, 4.69) is 4.99 Å². The summed E-state index contributed by atoms with van der Waals surface area (Å²) < 4.78 is 5.02. The smallest absolute Gasteiger partial charge is 0.311 e. The number of nitrogens with zero attached hydrogens (tertiary/aromatic N) is 3. The Balaban J connectivity index is 1.99. The van der Waals surface area contributed by atoms with Crippen molar-refractivity contribution in [3.63, 3.8) is 0 Å². The third kappa shape index (κ3) is 4.07. The first-order valence-corrected chi connectivity index (χ1v) is 9.41. The zero-order valence-corrected chi connectivity index (χ0v) is 16.5. The number of para-hydroxylation sites is 1. The maximum Gasteiger partial charge on any atom is 0.311 e. The Hall–Kier alpha value is -3.13. The Kier molecular flexibility index (Phi) is 5.79. The minimum atomic E-state index is -0.507. The number of amides is 1. The van der Waals surface area contributed by atoms with E-state index in [-0.39, 0.29) is 23.4 Å². The Morgan fingerprint density at radius 3 is 2.54 bits per heavy atom. The van der Waals surface area contributed by atoms with Gasteiger partial charge in [-0.2, -0.15) is 0 Å². The average molecular weight is 397 g/mol. The molecule has 2 aromatic rings. The molecule has 0 spiro atoms. The van der Waals surface area contributed by atoms with Crippen LogP contribution in [-0.2, 0) is 4.79 Å². The lowest BCUT2D eigenvalue weighted by Crippen LogP contribution is -2.35. The van der Waals surface area contributed by atoms with Crippen molar-refractivity contribution in [2.75, 3.05) is 7.11 Å². The van der Waals surface area contributed by atoms with E-state index < -0.39 is 4.92 Å². The number of carbonyl (C=O) groups is 1. The van der Waals surface area contributed by atoms with Crippen LogP contribution in [-0.4, -0.2) is 34.0 Å². The van der Waals surface area contributed by atoms with Gasteiger partial charge in [0.25, 0.3) is 5.91 Å². The van der Waals surface area contributed by atoms with Crippen LogP contribution >= 0.6 is 11.8 Å². The second-order valence-electron chi connectivity index (χ2n) is 6.30. The zero-order chi connectivity index (χ0) is 20.3. The Morgan fingerprint density at radius 1 is 1.21 bits per heavy atom. The van der Waals surface area contributed by atoms with Crippen LogP contribution in [0.25, 0.3) is 6.08 Å². The second kappa shape index (κ2) is 8.26. The largest absolute Gasteiger partial charge is 0.490 e. The molecule has 1 saturated heterocycles. The molecule has 0 unspecified atom stereocenters. The molecular weight excluding hydrogens is 378 g/mol. The molecule has 1 fully saturated rings. The highest BCUT2D eigenvalue weighted by molar-refractivity contribution is 8.18. The molecule has 0 aliphatic carbocycles. The molecule has 2 aromatic carbocycles. The van der Waals surface area contributed by atoms with Gasteiger partial charge in [0.05, 0.1) is 22.6 Å². The van der Waals surface area contributed by atoms with Crippen LogP contribution in [0.4, 0.5) is 11.4 Å².